The zero-order valence-electron chi connectivity index (χ0n) is 9.98. The van der Waals surface area contributed by atoms with Gasteiger partial charge in [0.2, 0.25) is 0 Å². The van der Waals surface area contributed by atoms with E-state index in [4.69, 9.17) is 5.11 Å². The Kier molecular flexibility index (Phi) is 3.50. The van der Waals surface area contributed by atoms with E-state index < -0.39 is 5.97 Å². The van der Waals surface area contributed by atoms with Gasteiger partial charge in [-0.15, -0.1) is 0 Å². The first kappa shape index (κ1) is 12.4. The van der Waals surface area contributed by atoms with Crippen LogP contribution in [0.3, 0.4) is 0 Å². The summed E-state index contributed by atoms with van der Waals surface area (Å²) in [5, 5.41) is 13.9. The Hall–Kier alpha value is -2.04. The number of aliphatic carboxylic acids is 1. The molecule has 18 heavy (non-hydrogen) atoms. The minimum Gasteiger partial charge on any atom is -0.481 e. The molecule has 1 aromatic carbocycles. The summed E-state index contributed by atoms with van der Waals surface area (Å²) >= 11 is 0. The van der Waals surface area contributed by atoms with Crippen molar-refractivity contribution in [3.8, 4) is 0 Å². The normalized spacial score (nSPS) is 15.8. The second-order valence-corrected chi connectivity index (χ2v) is 4.47. The van der Waals surface area contributed by atoms with Crippen LogP contribution in [0.15, 0.2) is 30.3 Å². The van der Waals surface area contributed by atoms with E-state index >= 15 is 0 Å². The molecule has 1 aliphatic rings. The van der Waals surface area contributed by atoms with E-state index in [0.717, 1.165) is 18.4 Å². The quantitative estimate of drug-likeness (QED) is 0.738. The van der Waals surface area contributed by atoms with Crippen molar-refractivity contribution in [3.05, 3.63) is 35.9 Å². The van der Waals surface area contributed by atoms with Crippen molar-refractivity contribution in [3.63, 3.8) is 0 Å². The number of hydrogen-bond acceptors (Lipinski definition) is 2. The number of rotatable bonds is 5. The Labute approximate surface area is 105 Å². The first-order valence-corrected chi connectivity index (χ1v) is 5.96. The summed E-state index contributed by atoms with van der Waals surface area (Å²) < 4.78 is 0. The van der Waals surface area contributed by atoms with Gasteiger partial charge in [0.05, 0.1) is 12.0 Å². The standard InChI is InChI=1S/C13H16N2O3/c16-11(17)6-9-14-12(18)15-13(7-8-13)10-4-2-1-3-5-10/h1-5H,6-9H2,(H,16,17)(H2,14,15,18). The highest BCUT2D eigenvalue weighted by Gasteiger charge is 2.45. The van der Waals surface area contributed by atoms with Crippen molar-refractivity contribution < 1.29 is 14.7 Å². The van der Waals surface area contributed by atoms with Crippen LogP contribution in [0, 0.1) is 0 Å². The molecule has 96 valence electrons. The fourth-order valence-electron chi connectivity index (χ4n) is 1.91. The van der Waals surface area contributed by atoms with E-state index in [1.165, 1.54) is 0 Å². The largest absolute Gasteiger partial charge is 0.481 e. The third kappa shape index (κ3) is 3.00. The van der Waals surface area contributed by atoms with Crippen LogP contribution in [-0.2, 0) is 10.3 Å². The van der Waals surface area contributed by atoms with Crippen LogP contribution in [0.1, 0.15) is 24.8 Å². The van der Waals surface area contributed by atoms with Gasteiger partial charge >= 0.3 is 12.0 Å². The molecule has 0 atom stereocenters. The predicted molar refractivity (Wildman–Crippen MR) is 66.1 cm³/mol. The number of benzene rings is 1. The van der Waals surface area contributed by atoms with Gasteiger partial charge in [0.1, 0.15) is 0 Å². The maximum atomic E-state index is 11.6. The molecule has 0 bridgehead atoms. The molecule has 3 N–H and O–H groups in total. The van der Waals surface area contributed by atoms with Crippen LogP contribution < -0.4 is 10.6 Å². The first-order valence-electron chi connectivity index (χ1n) is 5.96. The van der Waals surface area contributed by atoms with Crippen molar-refractivity contribution >= 4 is 12.0 Å². The topological polar surface area (TPSA) is 78.4 Å². The molecule has 1 aliphatic carbocycles. The number of carbonyl (C=O) groups is 2. The number of nitrogens with one attached hydrogen (secondary N) is 2. The van der Waals surface area contributed by atoms with Crippen LogP contribution in [-0.4, -0.2) is 23.7 Å². The molecule has 0 aliphatic heterocycles. The van der Waals surface area contributed by atoms with Gasteiger partial charge < -0.3 is 15.7 Å². The van der Waals surface area contributed by atoms with E-state index in [-0.39, 0.29) is 24.5 Å². The van der Waals surface area contributed by atoms with Crippen LogP contribution in [0.4, 0.5) is 4.79 Å². The summed E-state index contributed by atoms with van der Waals surface area (Å²) in [5.41, 5.74) is 0.840. The highest BCUT2D eigenvalue weighted by molar-refractivity contribution is 5.76. The van der Waals surface area contributed by atoms with E-state index in [1.54, 1.807) is 0 Å². The smallest absolute Gasteiger partial charge is 0.315 e. The highest BCUT2D eigenvalue weighted by atomic mass is 16.4. The van der Waals surface area contributed by atoms with Gasteiger partial charge in [0, 0.05) is 6.54 Å². The van der Waals surface area contributed by atoms with Gasteiger partial charge in [-0.05, 0) is 18.4 Å². The summed E-state index contributed by atoms with van der Waals surface area (Å²) in [7, 11) is 0. The molecule has 1 fully saturated rings. The molecular formula is C13H16N2O3. The second kappa shape index (κ2) is 5.08. The molecule has 5 heteroatoms. The molecule has 0 unspecified atom stereocenters. The number of amides is 2. The summed E-state index contributed by atoms with van der Waals surface area (Å²) in [6.45, 7) is 0.145. The molecule has 1 saturated carbocycles. The fraction of sp³-hybridized carbons (Fsp3) is 0.385. The average Bonchev–Trinajstić information content (AvgIpc) is 3.10. The van der Waals surface area contributed by atoms with Crippen LogP contribution >= 0.6 is 0 Å². The van der Waals surface area contributed by atoms with Crippen molar-refractivity contribution in [2.45, 2.75) is 24.8 Å². The van der Waals surface area contributed by atoms with Gasteiger partial charge in [0.25, 0.3) is 0 Å². The summed E-state index contributed by atoms with van der Waals surface area (Å²) in [5.74, 6) is -0.917. The molecule has 0 spiro atoms. The lowest BCUT2D eigenvalue weighted by Crippen LogP contribution is -2.42. The summed E-state index contributed by atoms with van der Waals surface area (Å²) in [6, 6.07) is 9.50. The third-order valence-corrected chi connectivity index (χ3v) is 3.05. The number of carbonyl (C=O) groups excluding carboxylic acids is 1. The van der Waals surface area contributed by atoms with Crippen molar-refractivity contribution in [2.24, 2.45) is 0 Å². The molecule has 0 heterocycles. The number of hydrogen-bond donors (Lipinski definition) is 3. The first-order chi connectivity index (χ1) is 8.62. The molecule has 1 aromatic rings. The average molecular weight is 248 g/mol. The second-order valence-electron chi connectivity index (χ2n) is 4.47. The minimum absolute atomic E-state index is 0.0637. The van der Waals surface area contributed by atoms with Gasteiger partial charge in [-0.25, -0.2) is 4.79 Å². The highest BCUT2D eigenvalue weighted by Crippen LogP contribution is 2.45. The molecular weight excluding hydrogens is 232 g/mol. The zero-order valence-corrected chi connectivity index (χ0v) is 9.98. The number of urea groups is 1. The number of carboxylic acid groups (broad SMARTS) is 1. The lowest BCUT2D eigenvalue weighted by atomic mass is 10.1. The Bertz CT molecular complexity index is 441. The third-order valence-electron chi connectivity index (χ3n) is 3.05. The molecule has 0 radical (unpaired) electrons. The van der Waals surface area contributed by atoms with E-state index in [9.17, 15) is 9.59 Å². The zero-order chi connectivity index (χ0) is 13.0. The Balaban J connectivity index is 1.86. The van der Waals surface area contributed by atoms with E-state index in [1.807, 2.05) is 30.3 Å². The van der Waals surface area contributed by atoms with Gasteiger partial charge in [-0.1, -0.05) is 30.3 Å². The van der Waals surface area contributed by atoms with Gasteiger partial charge in [0.15, 0.2) is 0 Å². The molecule has 5 nitrogen and oxygen atoms in total. The van der Waals surface area contributed by atoms with E-state index in [0.29, 0.717) is 0 Å². The molecule has 0 saturated heterocycles. The monoisotopic (exact) mass is 248 g/mol. The molecule has 2 amide bonds. The van der Waals surface area contributed by atoms with Crippen molar-refractivity contribution in [2.75, 3.05) is 6.54 Å². The molecule has 2 rings (SSSR count). The Morgan fingerprint density at radius 3 is 2.44 bits per heavy atom. The van der Waals surface area contributed by atoms with Crippen LogP contribution in [0.5, 0.6) is 0 Å². The Morgan fingerprint density at radius 1 is 1.22 bits per heavy atom. The lowest BCUT2D eigenvalue weighted by molar-refractivity contribution is -0.136. The van der Waals surface area contributed by atoms with Crippen LogP contribution in [0.25, 0.3) is 0 Å². The fourth-order valence-corrected chi connectivity index (χ4v) is 1.91. The number of carboxylic acids is 1. The minimum atomic E-state index is -0.917. The van der Waals surface area contributed by atoms with Crippen molar-refractivity contribution in [1.29, 1.82) is 0 Å². The SMILES string of the molecule is O=C(O)CCNC(=O)NC1(c2ccccc2)CC1. The van der Waals surface area contributed by atoms with E-state index in [2.05, 4.69) is 10.6 Å². The Morgan fingerprint density at radius 2 is 1.89 bits per heavy atom. The van der Waals surface area contributed by atoms with Crippen LogP contribution in [0.2, 0.25) is 0 Å². The maximum Gasteiger partial charge on any atom is 0.315 e. The summed E-state index contributed by atoms with van der Waals surface area (Å²) in [4.78, 5) is 22.0. The summed E-state index contributed by atoms with van der Waals surface area (Å²) in [6.07, 6.45) is 1.78. The lowest BCUT2D eigenvalue weighted by Gasteiger charge is -2.18. The van der Waals surface area contributed by atoms with Crippen molar-refractivity contribution in [1.82, 2.24) is 10.6 Å². The van der Waals surface area contributed by atoms with Gasteiger partial charge in [-0.3, -0.25) is 4.79 Å². The van der Waals surface area contributed by atoms with Gasteiger partial charge in [-0.2, -0.15) is 0 Å². The predicted octanol–water partition coefficient (Wildman–Crippen LogP) is 1.45. The molecule has 0 aromatic heterocycles. The maximum absolute atomic E-state index is 11.6.